The molecule has 0 saturated carbocycles. The van der Waals surface area contributed by atoms with Crippen molar-refractivity contribution >= 4 is 17.3 Å². The minimum atomic E-state index is -0.615. The van der Waals surface area contributed by atoms with E-state index in [1.165, 1.54) is 18.2 Å². The number of nitrogens with two attached hydrogens (primary N) is 1. The lowest BCUT2D eigenvalue weighted by atomic mass is 10.1. The summed E-state index contributed by atoms with van der Waals surface area (Å²) in [4.78, 5) is 22.4. The number of anilines is 1. The smallest absolute Gasteiger partial charge is 0.282 e. The molecule has 9 nitrogen and oxygen atoms in total. The first kappa shape index (κ1) is 14.5. The number of aromatic nitrogens is 2. The van der Waals surface area contributed by atoms with Crippen molar-refractivity contribution in [2.45, 2.75) is 6.54 Å². The molecule has 0 spiro atoms. The minimum Gasteiger partial charge on any atom is -0.346 e. The molecule has 1 aromatic carbocycles. The number of rotatable bonds is 5. The third-order valence-electron chi connectivity index (χ3n) is 2.80. The predicted octanol–water partition coefficient (Wildman–Crippen LogP) is 0.544. The number of aryl methyl sites for hydroxylation is 1. The molecule has 21 heavy (non-hydrogen) atoms. The number of carbonyl (C=O) groups is 1. The van der Waals surface area contributed by atoms with Gasteiger partial charge < -0.3 is 10.7 Å². The number of hydrogen-bond donors (Lipinski definition) is 3. The van der Waals surface area contributed by atoms with E-state index in [0.717, 1.165) is 0 Å². The molecule has 1 aromatic heterocycles. The van der Waals surface area contributed by atoms with Gasteiger partial charge in [-0.1, -0.05) is 0 Å². The van der Waals surface area contributed by atoms with Crippen LogP contribution in [0.2, 0.25) is 0 Å². The van der Waals surface area contributed by atoms with Gasteiger partial charge in [0, 0.05) is 25.0 Å². The van der Waals surface area contributed by atoms with Gasteiger partial charge in [-0.25, -0.2) is 0 Å². The van der Waals surface area contributed by atoms with Gasteiger partial charge in [0.25, 0.3) is 11.6 Å². The SMILES string of the molecule is Cn1ccc(CNC(=O)c2cc(NN)ccc2[N+](=O)[O-])n1. The van der Waals surface area contributed by atoms with Crippen molar-refractivity contribution in [1.29, 1.82) is 0 Å². The van der Waals surface area contributed by atoms with Crippen molar-refractivity contribution in [3.63, 3.8) is 0 Å². The fraction of sp³-hybridized carbons (Fsp3) is 0.167. The zero-order chi connectivity index (χ0) is 15.4. The number of hydrazine groups is 1. The van der Waals surface area contributed by atoms with E-state index >= 15 is 0 Å². The Balaban J connectivity index is 2.19. The number of benzene rings is 1. The van der Waals surface area contributed by atoms with Gasteiger partial charge >= 0.3 is 0 Å². The highest BCUT2D eigenvalue weighted by atomic mass is 16.6. The molecule has 0 radical (unpaired) electrons. The quantitative estimate of drug-likeness (QED) is 0.419. The van der Waals surface area contributed by atoms with Crippen molar-refractivity contribution in [3.05, 3.63) is 51.8 Å². The highest BCUT2D eigenvalue weighted by Gasteiger charge is 2.20. The Kier molecular flexibility index (Phi) is 4.14. The van der Waals surface area contributed by atoms with Crippen LogP contribution in [-0.4, -0.2) is 20.6 Å². The average Bonchev–Trinajstić information content (AvgIpc) is 2.89. The summed E-state index contributed by atoms with van der Waals surface area (Å²) in [5, 5.41) is 17.7. The van der Waals surface area contributed by atoms with Gasteiger partial charge in [0.1, 0.15) is 5.56 Å². The molecule has 2 aromatic rings. The van der Waals surface area contributed by atoms with E-state index in [0.29, 0.717) is 11.4 Å². The number of nitrogen functional groups attached to an aromatic ring is 1. The molecular formula is C12H14N6O3. The Morgan fingerprint density at radius 3 is 2.81 bits per heavy atom. The summed E-state index contributed by atoms with van der Waals surface area (Å²) in [5.74, 6) is 4.68. The monoisotopic (exact) mass is 290 g/mol. The van der Waals surface area contributed by atoms with Crippen molar-refractivity contribution in [1.82, 2.24) is 15.1 Å². The van der Waals surface area contributed by atoms with Crippen LogP contribution in [0, 0.1) is 10.1 Å². The Hall–Kier alpha value is -2.94. The van der Waals surface area contributed by atoms with Gasteiger partial charge in [-0.05, 0) is 18.2 Å². The van der Waals surface area contributed by atoms with E-state index in [9.17, 15) is 14.9 Å². The summed E-state index contributed by atoms with van der Waals surface area (Å²) in [5.41, 5.74) is 3.06. The second kappa shape index (κ2) is 6.01. The lowest BCUT2D eigenvalue weighted by Crippen LogP contribution is -2.24. The molecule has 1 heterocycles. The number of nitrogens with zero attached hydrogens (tertiary/aromatic N) is 3. The number of nitro benzene ring substituents is 1. The lowest BCUT2D eigenvalue weighted by molar-refractivity contribution is -0.385. The number of nitro groups is 1. The van der Waals surface area contributed by atoms with Gasteiger partial charge in [-0.3, -0.25) is 25.4 Å². The first-order chi connectivity index (χ1) is 10.0. The summed E-state index contributed by atoms with van der Waals surface area (Å²) in [7, 11) is 1.76. The van der Waals surface area contributed by atoms with Crippen LogP contribution in [0.1, 0.15) is 16.1 Å². The van der Waals surface area contributed by atoms with Crippen LogP contribution in [0.4, 0.5) is 11.4 Å². The highest BCUT2D eigenvalue weighted by molar-refractivity contribution is 5.99. The van der Waals surface area contributed by atoms with Gasteiger partial charge in [0.2, 0.25) is 0 Å². The number of amides is 1. The fourth-order valence-corrected chi connectivity index (χ4v) is 1.79. The molecule has 0 bridgehead atoms. The van der Waals surface area contributed by atoms with E-state index in [2.05, 4.69) is 15.8 Å². The van der Waals surface area contributed by atoms with Crippen LogP contribution >= 0.6 is 0 Å². The Bertz CT molecular complexity index is 681. The van der Waals surface area contributed by atoms with E-state index in [1.807, 2.05) is 0 Å². The lowest BCUT2D eigenvalue weighted by Gasteiger charge is -2.06. The second-order valence-electron chi connectivity index (χ2n) is 4.30. The normalized spacial score (nSPS) is 10.2. The Morgan fingerprint density at radius 1 is 1.48 bits per heavy atom. The van der Waals surface area contributed by atoms with Gasteiger partial charge in [-0.15, -0.1) is 0 Å². The highest BCUT2D eigenvalue weighted by Crippen LogP contribution is 2.22. The van der Waals surface area contributed by atoms with E-state index < -0.39 is 10.8 Å². The third-order valence-corrected chi connectivity index (χ3v) is 2.80. The average molecular weight is 290 g/mol. The van der Waals surface area contributed by atoms with Crippen molar-refractivity contribution in [2.75, 3.05) is 5.43 Å². The van der Waals surface area contributed by atoms with Crippen molar-refractivity contribution < 1.29 is 9.72 Å². The van der Waals surface area contributed by atoms with Crippen molar-refractivity contribution in [2.24, 2.45) is 12.9 Å². The summed E-state index contributed by atoms with van der Waals surface area (Å²) in [6.45, 7) is 0.178. The summed E-state index contributed by atoms with van der Waals surface area (Å²) < 4.78 is 1.60. The van der Waals surface area contributed by atoms with Crippen LogP contribution in [-0.2, 0) is 13.6 Å². The minimum absolute atomic E-state index is 0.0635. The van der Waals surface area contributed by atoms with Gasteiger partial charge in [-0.2, -0.15) is 5.10 Å². The molecule has 0 aliphatic heterocycles. The third kappa shape index (κ3) is 3.34. The molecule has 0 unspecified atom stereocenters. The fourth-order valence-electron chi connectivity index (χ4n) is 1.79. The summed E-state index contributed by atoms with van der Waals surface area (Å²) in [6, 6.07) is 5.72. The molecule has 110 valence electrons. The van der Waals surface area contributed by atoms with Gasteiger partial charge in [0.05, 0.1) is 17.2 Å². The maximum atomic E-state index is 12.1. The molecule has 2 rings (SSSR count). The van der Waals surface area contributed by atoms with E-state index in [1.54, 1.807) is 24.0 Å². The van der Waals surface area contributed by atoms with Crippen LogP contribution in [0.15, 0.2) is 30.5 Å². The molecule has 0 aliphatic rings. The maximum absolute atomic E-state index is 12.1. The Morgan fingerprint density at radius 2 is 2.24 bits per heavy atom. The van der Waals surface area contributed by atoms with Crippen LogP contribution in [0.25, 0.3) is 0 Å². The molecular weight excluding hydrogens is 276 g/mol. The van der Waals surface area contributed by atoms with E-state index in [4.69, 9.17) is 5.84 Å². The standard InChI is InChI=1S/C12H14N6O3/c1-17-5-4-9(16-17)7-14-12(19)10-6-8(15-13)2-3-11(10)18(20)21/h2-6,15H,7,13H2,1H3,(H,14,19). The zero-order valence-electron chi connectivity index (χ0n) is 11.2. The van der Waals surface area contributed by atoms with Crippen LogP contribution in [0.3, 0.4) is 0 Å². The number of nitrogens with one attached hydrogen (secondary N) is 2. The summed E-state index contributed by atoms with van der Waals surface area (Å²) in [6.07, 6.45) is 1.74. The van der Waals surface area contributed by atoms with Crippen LogP contribution in [0.5, 0.6) is 0 Å². The topological polar surface area (TPSA) is 128 Å². The maximum Gasteiger partial charge on any atom is 0.282 e. The van der Waals surface area contributed by atoms with Crippen LogP contribution < -0.4 is 16.6 Å². The molecule has 0 atom stereocenters. The molecule has 0 fully saturated rings. The second-order valence-corrected chi connectivity index (χ2v) is 4.30. The van der Waals surface area contributed by atoms with E-state index in [-0.39, 0.29) is 17.8 Å². The van der Waals surface area contributed by atoms with Crippen molar-refractivity contribution in [3.8, 4) is 0 Å². The molecule has 1 amide bonds. The number of carbonyl (C=O) groups excluding carboxylic acids is 1. The Labute approximate surface area is 119 Å². The van der Waals surface area contributed by atoms with Gasteiger partial charge in [0.15, 0.2) is 0 Å². The first-order valence-corrected chi connectivity index (χ1v) is 6.03. The summed E-state index contributed by atoms with van der Waals surface area (Å²) >= 11 is 0. The molecule has 9 heteroatoms. The first-order valence-electron chi connectivity index (χ1n) is 6.03. The molecule has 0 aliphatic carbocycles. The number of hydrogen-bond acceptors (Lipinski definition) is 6. The molecule has 4 N–H and O–H groups in total. The molecule has 0 saturated heterocycles. The zero-order valence-corrected chi connectivity index (χ0v) is 11.2. The largest absolute Gasteiger partial charge is 0.346 e. The predicted molar refractivity (Wildman–Crippen MR) is 75.3 cm³/mol.